The van der Waals surface area contributed by atoms with E-state index in [0.717, 1.165) is 24.2 Å². The van der Waals surface area contributed by atoms with Crippen LogP contribution in [-0.2, 0) is 9.59 Å². The van der Waals surface area contributed by atoms with E-state index in [-0.39, 0.29) is 37.2 Å². The summed E-state index contributed by atoms with van der Waals surface area (Å²) in [5.74, 6) is -0.0959. The number of carbonyl (C=O) groups excluding carboxylic acids is 2. The van der Waals surface area contributed by atoms with Gasteiger partial charge in [-0.1, -0.05) is 42.5 Å². The van der Waals surface area contributed by atoms with Crippen LogP contribution in [0.5, 0.6) is 0 Å². The van der Waals surface area contributed by atoms with Gasteiger partial charge in [-0.2, -0.15) is 0 Å². The largest absolute Gasteiger partial charge is 0.362 e. The van der Waals surface area contributed by atoms with Crippen LogP contribution >= 0.6 is 0 Å². The summed E-state index contributed by atoms with van der Waals surface area (Å²) in [5.41, 5.74) is 7.88. The van der Waals surface area contributed by atoms with Gasteiger partial charge in [0.2, 0.25) is 11.8 Å². The maximum absolute atomic E-state index is 14.9. The van der Waals surface area contributed by atoms with Crippen molar-refractivity contribution in [1.82, 2.24) is 31.1 Å². The fourth-order valence-corrected chi connectivity index (χ4v) is 4.89. The molecule has 2 aromatic carbocycles. The molecule has 0 bridgehead atoms. The predicted octanol–water partition coefficient (Wildman–Crippen LogP) is 2.53. The molecule has 1 aliphatic carbocycles. The van der Waals surface area contributed by atoms with Gasteiger partial charge in [0.15, 0.2) is 0 Å². The molecule has 196 valence electrons. The Kier molecular flexibility index (Phi) is 7.01. The van der Waals surface area contributed by atoms with Gasteiger partial charge in [-0.3, -0.25) is 20.0 Å². The van der Waals surface area contributed by atoms with Crippen molar-refractivity contribution >= 4 is 11.8 Å². The molecule has 0 aromatic heterocycles. The van der Waals surface area contributed by atoms with Crippen LogP contribution in [0.1, 0.15) is 47.9 Å². The second-order valence-corrected chi connectivity index (χ2v) is 10.1. The third kappa shape index (κ3) is 5.53. The summed E-state index contributed by atoms with van der Waals surface area (Å²) in [6, 6.07) is 12.8. The highest BCUT2D eigenvalue weighted by atomic mass is 19.1. The Bertz CT molecular complexity index is 1190. The molecule has 0 radical (unpaired) electrons. The minimum Gasteiger partial charge on any atom is -0.362 e. The fraction of sp³-hybridized carbons (Fsp3) is 0.407. The Labute approximate surface area is 215 Å². The number of alkyl halides is 1. The highest BCUT2D eigenvalue weighted by Crippen LogP contribution is 2.42. The number of amides is 2. The van der Waals surface area contributed by atoms with E-state index in [9.17, 15) is 18.4 Å². The fourth-order valence-electron chi connectivity index (χ4n) is 4.89. The Morgan fingerprint density at radius 1 is 1.14 bits per heavy atom. The first kappa shape index (κ1) is 25.0. The van der Waals surface area contributed by atoms with Gasteiger partial charge in [-0.05, 0) is 41.5 Å². The molecule has 3 aliphatic rings. The topological polar surface area (TPSA) is 80.0 Å². The highest BCUT2D eigenvalue weighted by Gasteiger charge is 2.41. The second-order valence-electron chi connectivity index (χ2n) is 10.1. The minimum absolute atomic E-state index is 0.0726. The summed E-state index contributed by atoms with van der Waals surface area (Å²) in [5, 5.41) is 4.53. The maximum atomic E-state index is 14.9. The number of nitrogens with one attached hydrogen (secondary N) is 3. The Morgan fingerprint density at radius 2 is 1.89 bits per heavy atom. The molecule has 0 spiro atoms. The summed E-state index contributed by atoms with van der Waals surface area (Å²) in [4.78, 5) is 29.7. The summed E-state index contributed by atoms with van der Waals surface area (Å²) >= 11 is 0. The maximum Gasteiger partial charge on any atom is 0.244 e. The van der Waals surface area contributed by atoms with Crippen molar-refractivity contribution in [2.45, 2.75) is 43.4 Å². The van der Waals surface area contributed by atoms with Crippen LogP contribution in [0.3, 0.4) is 0 Å². The zero-order chi connectivity index (χ0) is 26.1. The smallest absolute Gasteiger partial charge is 0.244 e. The molecule has 8 nitrogen and oxygen atoms in total. The standard InChI is InChI=1S/C27H32F2N6O2/c1-33(2)24-15-34(32-31-24)16-25(36)35-14-20(28)13-23(35)27(37)30-26(18-6-4-3-5-7-18)19-10-11-21(17-8-9-17)22(29)12-19/h3-7,10-12,15,17,20,23,26,31-32H,8-9,13-14,16H2,1-2H3,(H,30,37)/t20-,23+,26+/m1/s1. The number of hydrogen-bond donors (Lipinski definition) is 3. The Balaban J connectivity index is 1.34. The summed E-state index contributed by atoms with van der Waals surface area (Å²) in [6.07, 6.45) is 2.31. The van der Waals surface area contributed by atoms with Crippen molar-refractivity contribution in [3.05, 3.63) is 83.1 Å². The lowest BCUT2D eigenvalue weighted by molar-refractivity contribution is -0.139. The number of hydrazine groups is 2. The summed E-state index contributed by atoms with van der Waals surface area (Å²) in [7, 11) is 3.71. The molecule has 2 aromatic rings. The van der Waals surface area contributed by atoms with Gasteiger partial charge in [0.05, 0.1) is 18.8 Å². The van der Waals surface area contributed by atoms with Crippen molar-refractivity contribution in [2.75, 3.05) is 27.2 Å². The zero-order valence-corrected chi connectivity index (χ0v) is 21.0. The number of rotatable bonds is 8. The summed E-state index contributed by atoms with van der Waals surface area (Å²) in [6.45, 7) is -0.222. The van der Waals surface area contributed by atoms with Crippen LogP contribution in [0.2, 0.25) is 0 Å². The van der Waals surface area contributed by atoms with Gasteiger partial charge in [0.25, 0.3) is 0 Å². The average Bonchev–Trinajstić information content (AvgIpc) is 3.47. The van der Waals surface area contributed by atoms with Crippen LogP contribution < -0.4 is 16.3 Å². The molecule has 1 saturated carbocycles. The number of nitrogens with zero attached hydrogens (tertiary/aromatic N) is 3. The van der Waals surface area contributed by atoms with Crippen LogP contribution in [0.15, 0.2) is 60.6 Å². The molecule has 37 heavy (non-hydrogen) atoms. The van der Waals surface area contributed by atoms with E-state index < -0.39 is 24.2 Å². The van der Waals surface area contributed by atoms with Gasteiger partial charge >= 0.3 is 0 Å². The molecular weight excluding hydrogens is 478 g/mol. The van der Waals surface area contributed by atoms with E-state index in [1.807, 2.05) is 55.4 Å². The first-order chi connectivity index (χ1) is 17.8. The predicted molar refractivity (Wildman–Crippen MR) is 135 cm³/mol. The lowest BCUT2D eigenvalue weighted by atomic mass is 9.96. The van der Waals surface area contributed by atoms with Crippen LogP contribution in [0.4, 0.5) is 8.78 Å². The van der Waals surface area contributed by atoms with Crippen molar-refractivity contribution in [3.63, 3.8) is 0 Å². The molecule has 5 rings (SSSR count). The third-order valence-corrected chi connectivity index (χ3v) is 7.06. The van der Waals surface area contributed by atoms with E-state index in [2.05, 4.69) is 16.3 Å². The lowest BCUT2D eigenvalue weighted by Gasteiger charge is -2.28. The third-order valence-electron chi connectivity index (χ3n) is 7.06. The minimum atomic E-state index is -1.30. The van der Waals surface area contributed by atoms with E-state index >= 15 is 0 Å². The van der Waals surface area contributed by atoms with Gasteiger partial charge < -0.3 is 15.1 Å². The number of hydrogen-bond acceptors (Lipinski definition) is 6. The van der Waals surface area contributed by atoms with E-state index in [1.165, 1.54) is 11.0 Å². The number of halogens is 2. The number of likely N-dealkylation sites (tertiary alicyclic amines) is 1. The van der Waals surface area contributed by atoms with Gasteiger partial charge in [0.1, 0.15) is 30.4 Å². The van der Waals surface area contributed by atoms with E-state index in [1.54, 1.807) is 17.3 Å². The van der Waals surface area contributed by atoms with Crippen molar-refractivity contribution in [1.29, 1.82) is 0 Å². The molecule has 2 fully saturated rings. The van der Waals surface area contributed by atoms with Crippen molar-refractivity contribution in [2.24, 2.45) is 0 Å². The molecule has 0 unspecified atom stereocenters. The van der Waals surface area contributed by atoms with Crippen LogP contribution in [-0.4, -0.2) is 66.0 Å². The van der Waals surface area contributed by atoms with E-state index in [4.69, 9.17) is 0 Å². The molecule has 2 aliphatic heterocycles. The van der Waals surface area contributed by atoms with E-state index in [0.29, 0.717) is 11.1 Å². The molecular formula is C27H32F2N6O2. The average molecular weight is 511 g/mol. The first-order valence-electron chi connectivity index (χ1n) is 12.6. The highest BCUT2D eigenvalue weighted by molar-refractivity contribution is 5.89. The lowest BCUT2D eigenvalue weighted by Crippen LogP contribution is -2.50. The van der Waals surface area contributed by atoms with Crippen LogP contribution in [0, 0.1) is 5.82 Å². The molecule has 3 N–H and O–H groups in total. The van der Waals surface area contributed by atoms with Crippen molar-refractivity contribution in [3.8, 4) is 0 Å². The van der Waals surface area contributed by atoms with Gasteiger partial charge in [-0.15, -0.1) is 5.53 Å². The van der Waals surface area contributed by atoms with Crippen molar-refractivity contribution < 1.29 is 18.4 Å². The molecule has 3 atom stereocenters. The molecule has 1 saturated heterocycles. The monoisotopic (exact) mass is 510 g/mol. The Morgan fingerprint density at radius 3 is 2.54 bits per heavy atom. The number of carbonyl (C=O) groups is 2. The quantitative estimate of drug-likeness (QED) is 0.507. The molecule has 10 heteroatoms. The normalized spacial score (nSPS) is 21.9. The van der Waals surface area contributed by atoms with Gasteiger partial charge in [-0.25, -0.2) is 8.78 Å². The first-order valence-corrected chi connectivity index (χ1v) is 12.6. The van der Waals surface area contributed by atoms with Gasteiger partial charge in [0, 0.05) is 20.5 Å². The molecule has 2 heterocycles. The molecule has 2 amide bonds. The summed E-state index contributed by atoms with van der Waals surface area (Å²) < 4.78 is 29.4. The second kappa shape index (κ2) is 10.4. The SMILES string of the molecule is CN(C)C1=CN(CC(=O)N2C[C@H](F)C[C@H]2C(=O)N[C@@H](c2ccccc2)c2ccc(C3CC3)c(F)c2)NN1. The zero-order valence-electron chi connectivity index (χ0n) is 21.0. The number of benzene rings is 2. The van der Waals surface area contributed by atoms with Crippen LogP contribution in [0.25, 0.3) is 0 Å². The Hall–Kier alpha value is -3.66.